The molecule has 1 aliphatic heterocycles. The Morgan fingerprint density at radius 3 is 2.62 bits per heavy atom. The summed E-state index contributed by atoms with van der Waals surface area (Å²) in [5.41, 5.74) is -0.711. The second-order valence-electron chi connectivity index (χ2n) is 5.93. The average Bonchev–Trinajstić information content (AvgIpc) is 2.83. The highest BCUT2D eigenvalue weighted by Gasteiger charge is 2.31. The van der Waals surface area contributed by atoms with E-state index in [0.717, 1.165) is 0 Å². The number of hydrogen-bond acceptors (Lipinski definition) is 6. The van der Waals surface area contributed by atoms with Crippen LogP contribution in [0.15, 0.2) is 6.07 Å². The summed E-state index contributed by atoms with van der Waals surface area (Å²) < 4.78 is 11.7. The zero-order valence-electron chi connectivity index (χ0n) is 12.4. The lowest BCUT2D eigenvalue weighted by molar-refractivity contribution is -0.393. The van der Waals surface area contributed by atoms with Gasteiger partial charge in [0.2, 0.25) is 0 Å². The standard InChI is InChI=1S/C13H19N3O5/c1-13(2,3)21-12(17)10-8-11(16(18)19)15(14-10)9-4-6-20-7-5-9/h8-9H,4-7H2,1-3H3. The summed E-state index contributed by atoms with van der Waals surface area (Å²) in [6.45, 7) is 6.26. The quantitative estimate of drug-likeness (QED) is 0.481. The Bertz CT molecular complexity index is 540. The largest absolute Gasteiger partial charge is 0.455 e. The molecular weight excluding hydrogens is 278 g/mol. The first-order valence-electron chi connectivity index (χ1n) is 6.83. The van der Waals surface area contributed by atoms with Crippen LogP contribution in [0.2, 0.25) is 0 Å². The topological polar surface area (TPSA) is 96.5 Å². The zero-order valence-corrected chi connectivity index (χ0v) is 12.4. The molecule has 0 saturated carbocycles. The molecule has 0 atom stereocenters. The lowest BCUT2D eigenvalue weighted by Gasteiger charge is -2.19. The van der Waals surface area contributed by atoms with Crippen molar-refractivity contribution in [1.29, 1.82) is 0 Å². The highest BCUT2D eigenvalue weighted by molar-refractivity contribution is 5.88. The summed E-state index contributed by atoms with van der Waals surface area (Å²) in [7, 11) is 0. The maximum atomic E-state index is 12.0. The highest BCUT2D eigenvalue weighted by Crippen LogP contribution is 2.27. The third-order valence-electron chi connectivity index (χ3n) is 3.05. The second kappa shape index (κ2) is 5.80. The zero-order chi connectivity index (χ0) is 15.6. The number of rotatable bonds is 3. The SMILES string of the molecule is CC(C)(C)OC(=O)c1cc([N+](=O)[O-])n(C2CCOCC2)n1. The summed E-state index contributed by atoms with van der Waals surface area (Å²) in [6.07, 6.45) is 1.27. The summed E-state index contributed by atoms with van der Waals surface area (Å²) in [4.78, 5) is 22.6. The Kier molecular flexibility index (Phi) is 4.26. The van der Waals surface area contributed by atoms with Crippen molar-refractivity contribution >= 4 is 11.8 Å². The smallest absolute Gasteiger partial charge is 0.361 e. The van der Waals surface area contributed by atoms with E-state index >= 15 is 0 Å². The van der Waals surface area contributed by atoms with Gasteiger partial charge in [0.1, 0.15) is 11.6 Å². The maximum Gasteiger partial charge on any atom is 0.361 e. The maximum absolute atomic E-state index is 12.0. The molecule has 21 heavy (non-hydrogen) atoms. The second-order valence-corrected chi connectivity index (χ2v) is 5.93. The van der Waals surface area contributed by atoms with Crippen LogP contribution in [0.1, 0.15) is 50.1 Å². The monoisotopic (exact) mass is 297 g/mol. The predicted octanol–water partition coefficient (Wildman–Crippen LogP) is 2.10. The van der Waals surface area contributed by atoms with Crippen molar-refractivity contribution in [3.63, 3.8) is 0 Å². The normalized spacial score (nSPS) is 16.7. The fourth-order valence-corrected chi connectivity index (χ4v) is 2.15. The van der Waals surface area contributed by atoms with Crippen molar-refractivity contribution in [3.8, 4) is 0 Å². The first kappa shape index (κ1) is 15.4. The Morgan fingerprint density at radius 2 is 2.10 bits per heavy atom. The van der Waals surface area contributed by atoms with Gasteiger partial charge in [-0.25, -0.2) is 4.79 Å². The van der Waals surface area contributed by atoms with E-state index in [1.54, 1.807) is 20.8 Å². The van der Waals surface area contributed by atoms with Gasteiger partial charge in [0.15, 0.2) is 5.69 Å². The van der Waals surface area contributed by atoms with Crippen LogP contribution in [0.4, 0.5) is 5.82 Å². The van der Waals surface area contributed by atoms with E-state index in [1.165, 1.54) is 10.7 Å². The van der Waals surface area contributed by atoms with Gasteiger partial charge >= 0.3 is 11.8 Å². The van der Waals surface area contributed by atoms with Crippen molar-refractivity contribution in [2.24, 2.45) is 0 Å². The van der Waals surface area contributed by atoms with Gasteiger partial charge in [-0.2, -0.15) is 0 Å². The lowest BCUT2D eigenvalue weighted by atomic mass is 10.1. The Hall–Kier alpha value is -1.96. The molecule has 1 aromatic heterocycles. The van der Waals surface area contributed by atoms with Crippen LogP contribution in [-0.4, -0.2) is 39.5 Å². The van der Waals surface area contributed by atoms with E-state index in [-0.39, 0.29) is 17.6 Å². The molecule has 2 rings (SSSR count). The molecule has 1 aromatic rings. The molecule has 1 fully saturated rings. The Labute approximate surface area is 122 Å². The number of aromatic nitrogens is 2. The molecule has 116 valence electrons. The number of carbonyl (C=O) groups excluding carboxylic acids is 1. The molecule has 8 nitrogen and oxygen atoms in total. The molecule has 0 radical (unpaired) electrons. The van der Waals surface area contributed by atoms with E-state index in [0.29, 0.717) is 26.1 Å². The van der Waals surface area contributed by atoms with E-state index in [2.05, 4.69) is 5.10 Å². The van der Waals surface area contributed by atoms with E-state index in [1.807, 2.05) is 0 Å². The fraction of sp³-hybridized carbons (Fsp3) is 0.692. The summed E-state index contributed by atoms with van der Waals surface area (Å²) >= 11 is 0. The van der Waals surface area contributed by atoms with E-state index in [4.69, 9.17) is 9.47 Å². The van der Waals surface area contributed by atoms with E-state index in [9.17, 15) is 14.9 Å². The van der Waals surface area contributed by atoms with Crippen LogP contribution in [0.5, 0.6) is 0 Å². The van der Waals surface area contributed by atoms with Crippen LogP contribution in [-0.2, 0) is 9.47 Å². The fourth-order valence-electron chi connectivity index (χ4n) is 2.15. The molecule has 0 aromatic carbocycles. The third kappa shape index (κ3) is 3.78. The minimum atomic E-state index is -0.672. The van der Waals surface area contributed by atoms with E-state index < -0.39 is 16.5 Å². The van der Waals surface area contributed by atoms with Gasteiger partial charge in [0.25, 0.3) is 0 Å². The summed E-state index contributed by atoms with van der Waals surface area (Å²) in [5.74, 6) is -0.848. The number of esters is 1. The molecule has 1 aliphatic rings. The van der Waals surface area contributed by atoms with Gasteiger partial charge in [0.05, 0.1) is 19.3 Å². The van der Waals surface area contributed by atoms with Gasteiger partial charge in [-0.1, -0.05) is 5.10 Å². The Morgan fingerprint density at radius 1 is 1.48 bits per heavy atom. The molecular formula is C13H19N3O5. The van der Waals surface area contributed by atoms with Gasteiger partial charge in [-0.3, -0.25) is 0 Å². The van der Waals surface area contributed by atoms with Crippen molar-refractivity contribution < 1.29 is 19.2 Å². The average molecular weight is 297 g/mol. The minimum absolute atomic E-state index is 0.0388. The van der Waals surface area contributed by atoms with Gasteiger partial charge < -0.3 is 19.6 Å². The number of nitrogens with zero attached hydrogens (tertiary/aromatic N) is 3. The van der Waals surface area contributed by atoms with Crippen molar-refractivity contribution in [2.45, 2.75) is 45.3 Å². The number of nitro groups is 1. The molecule has 0 aliphatic carbocycles. The first-order valence-corrected chi connectivity index (χ1v) is 6.83. The highest BCUT2D eigenvalue weighted by atomic mass is 16.6. The summed E-state index contributed by atoms with van der Waals surface area (Å²) in [6, 6.07) is 1.04. The molecule has 0 spiro atoms. The van der Waals surface area contributed by atoms with Crippen molar-refractivity contribution in [1.82, 2.24) is 9.78 Å². The molecule has 0 N–H and O–H groups in total. The summed E-state index contributed by atoms with van der Waals surface area (Å²) in [5, 5.41) is 15.2. The number of carbonyl (C=O) groups is 1. The minimum Gasteiger partial charge on any atom is -0.455 e. The van der Waals surface area contributed by atoms with Crippen LogP contribution >= 0.6 is 0 Å². The van der Waals surface area contributed by atoms with Crippen molar-refractivity contribution in [2.75, 3.05) is 13.2 Å². The lowest BCUT2D eigenvalue weighted by Crippen LogP contribution is -2.25. The number of hydrogen-bond donors (Lipinski definition) is 0. The Balaban J connectivity index is 2.28. The van der Waals surface area contributed by atoms with Crippen LogP contribution < -0.4 is 0 Å². The molecule has 0 unspecified atom stereocenters. The number of ether oxygens (including phenoxy) is 2. The van der Waals surface area contributed by atoms with Crippen molar-refractivity contribution in [3.05, 3.63) is 21.9 Å². The first-order chi connectivity index (χ1) is 9.78. The molecule has 1 saturated heterocycles. The predicted molar refractivity (Wildman–Crippen MR) is 73.1 cm³/mol. The van der Waals surface area contributed by atoms with Gasteiger partial charge in [-0.15, -0.1) is 4.68 Å². The third-order valence-corrected chi connectivity index (χ3v) is 3.05. The van der Waals surface area contributed by atoms with Crippen LogP contribution in [0.3, 0.4) is 0 Å². The molecule has 2 heterocycles. The molecule has 0 amide bonds. The van der Waals surface area contributed by atoms with Gasteiger partial charge in [-0.05, 0) is 25.7 Å². The molecule has 8 heteroatoms. The van der Waals surface area contributed by atoms with Crippen LogP contribution in [0.25, 0.3) is 0 Å². The van der Waals surface area contributed by atoms with Crippen LogP contribution in [0, 0.1) is 10.1 Å². The molecule has 0 bridgehead atoms. The van der Waals surface area contributed by atoms with Gasteiger partial charge in [0, 0.05) is 12.8 Å².